The molecule has 2 nitrogen and oxygen atoms in total. The maximum atomic E-state index is 12.8. The summed E-state index contributed by atoms with van der Waals surface area (Å²) in [6.45, 7) is 0. The zero-order valence-electron chi connectivity index (χ0n) is 9.87. The third-order valence-electron chi connectivity index (χ3n) is 4.17. The number of halogens is 3. The molecule has 0 spiro atoms. The maximum Gasteiger partial charge on any atom is 0.419 e. The van der Waals surface area contributed by atoms with Gasteiger partial charge in [-0.3, -0.25) is 0 Å². The lowest BCUT2D eigenvalue weighted by molar-refractivity contribution is -0.137. The van der Waals surface area contributed by atoms with Gasteiger partial charge in [0.05, 0.1) is 5.56 Å². The summed E-state index contributed by atoms with van der Waals surface area (Å²) < 4.78 is 38.5. The molecule has 2 aliphatic carbocycles. The Morgan fingerprint density at radius 1 is 1.22 bits per heavy atom. The third kappa shape index (κ3) is 2.06. The van der Waals surface area contributed by atoms with Crippen molar-refractivity contribution in [2.75, 3.05) is 5.32 Å². The summed E-state index contributed by atoms with van der Waals surface area (Å²) in [7, 11) is 0. The Labute approximate surface area is 104 Å². The number of hydrogen-bond acceptors (Lipinski definition) is 2. The van der Waals surface area contributed by atoms with E-state index in [9.17, 15) is 13.2 Å². The number of hydrogen-bond donors (Lipinski definition) is 1. The van der Waals surface area contributed by atoms with Crippen LogP contribution in [0.2, 0.25) is 0 Å². The molecular weight excluding hydrogens is 241 g/mol. The van der Waals surface area contributed by atoms with Crippen LogP contribution in [0.3, 0.4) is 0 Å². The van der Waals surface area contributed by atoms with Gasteiger partial charge < -0.3 is 5.32 Å². The molecule has 3 atom stereocenters. The van der Waals surface area contributed by atoms with Crippen molar-refractivity contribution >= 4 is 5.82 Å². The third-order valence-corrected chi connectivity index (χ3v) is 4.17. The molecule has 98 valence electrons. The lowest BCUT2D eigenvalue weighted by Crippen LogP contribution is -2.27. The van der Waals surface area contributed by atoms with Gasteiger partial charge in [-0.2, -0.15) is 13.2 Å². The number of pyridine rings is 1. The minimum Gasteiger partial charge on any atom is -0.367 e. The van der Waals surface area contributed by atoms with E-state index in [0.717, 1.165) is 25.3 Å². The first kappa shape index (κ1) is 11.8. The number of rotatable bonds is 2. The van der Waals surface area contributed by atoms with E-state index < -0.39 is 11.7 Å². The van der Waals surface area contributed by atoms with Crippen LogP contribution in [0.25, 0.3) is 0 Å². The minimum atomic E-state index is -4.34. The average molecular weight is 256 g/mol. The van der Waals surface area contributed by atoms with Crippen LogP contribution >= 0.6 is 0 Å². The first-order valence-electron chi connectivity index (χ1n) is 6.33. The fourth-order valence-electron chi connectivity index (χ4n) is 3.35. The highest BCUT2D eigenvalue weighted by atomic mass is 19.4. The molecule has 1 aromatic heterocycles. The van der Waals surface area contributed by atoms with Gasteiger partial charge in [0, 0.05) is 12.2 Å². The average Bonchev–Trinajstić information content (AvgIpc) is 2.90. The van der Waals surface area contributed by atoms with Gasteiger partial charge in [0.2, 0.25) is 0 Å². The molecule has 3 rings (SSSR count). The number of anilines is 1. The number of nitrogens with one attached hydrogen (secondary N) is 1. The molecule has 3 unspecified atom stereocenters. The predicted octanol–water partition coefficient (Wildman–Crippen LogP) is 3.70. The van der Waals surface area contributed by atoms with E-state index in [2.05, 4.69) is 10.3 Å². The van der Waals surface area contributed by atoms with Gasteiger partial charge >= 0.3 is 6.18 Å². The van der Waals surface area contributed by atoms with Crippen LogP contribution < -0.4 is 5.32 Å². The SMILES string of the molecule is FC(F)(F)c1cccnc1NC1CC2CCC1C2. The topological polar surface area (TPSA) is 24.9 Å². The summed E-state index contributed by atoms with van der Waals surface area (Å²) in [5.74, 6) is 1.21. The standard InChI is InChI=1S/C13H15F3N2/c14-13(15,16)10-2-1-5-17-12(10)18-11-7-8-3-4-9(11)6-8/h1-2,5,8-9,11H,3-4,6-7H2,(H,17,18). The normalized spacial score (nSPS) is 30.7. The molecule has 1 N–H and O–H groups in total. The van der Waals surface area contributed by atoms with Crippen molar-refractivity contribution in [3.63, 3.8) is 0 Å². The van der Waals surface area contributed by atoms with Crippen molar-refractivity contribution in [2.24, 2.45) is 11.8 Å². The molecule has 18 heavy (non-hydrogen) atoms. The van der Waals surface area contributed by atoms with Gasteiger partial charge in [-0.25, -0.2) is 4.98 Å². The monoisotopic (exact) mass is 256 g/mol. The van der Waals surface area contributed by atoms with Crippen LogP contribution in [-0.2, 0) is 6.18 Å². The molecule has 5 heteroatoms. The van der Waals surface area contributed by atoms with Crippen LogP contribution in [0.5, 0.6) is 0 Å². The smallest absolute Gasteiger partial charge is 0.367 e. The highest BCUT2D eigenvalue weighted by molar-refractivity contribution is 5.46. The summed E-state index contributed by atoms with van der Waals surface area (Å²) in [4.78, 5) is 3.86. The maximum absolute atomic E-state index is 12.8. The number of nitrogens with zero attached hydrogens (tertiary/aromatic N) is 1. The van der Waals surface area contributed by atoms with Crippen LogP contribution in [0.15, 0.2) is 18.3 Å². The molecule has 1 aromatic rings. The van der Waals surface area contributed by atoms with Crippen LogP contribution in [0.1, 0.15) is 31.2 Å². The number of alkyl halides is 3. The summed E-state index contributed by atoms with van der Waals surface area (Å²) >= 11 is 0. The Balaban J connectivity index is 1.81. The largest absolute Gasteiger partial charge is 0.419 e. The van der Waals surface area contributed by atoms with E-state index >= 15 is 0 Å². The van der Waals surface area contributed by atoms with E-state index in [1.54, 1.807) is 0 Å². The van der Waals surface area contributed by atoms with Gasteiger partial charge in [0.25, 0.3) is 0 Å². The van der Waals surface area contributed by atoms with Crippen LogP contribution in [0.4, 0.5) is 19.0 Å². The molecule has 2 saturated carbocycles. The first-order valence-corrected chi connectivity index (χ1v) is 6.33. The van der Waals surface area contributed by atoms with E-state index in [0.29, 0.717) is 11.8 Å². The van der Waals surface area contributed by atoms with E-state index in [1.807, 2.05) is 0 Å². The van der Waals surface area contributed by atoms with E-state index in [1.165, 1.54) is 18.7 Å². The van der Waals surface area contributed by atoms with Gasteiger partial charge in [-0.1, -0.05) is 6.42 Å². The quantitative estimate of drug-likeness (QED) is 0.872. The number of fused-ring (bicyclic) bond motifs is 2. The molecule has 0 saturated heterocycles. The lowest BCUT2D eigenvalue weighted by Gasteiger charge is -2.24. The summed E-state index contributed by atoms with van der Waals surface area (Å²) in [5.41, 5.74) is -0.659. The highest BCUT2D eigenvalue weighted by Crippen LogP contribution is 2.46. The highest BCUT2D eigenvalue weighted by Gasteiger charge is 2.41. The van der Waals surface area contributed by atoms with Crippen molar-refractivity contribution < 1.29 is 13.2 Å². The molecule has 0 aliphatic heterocycles. The fraction of sp³-hybridized carbons (Fsp3) is 0.615. The predicted molar refractivity (Wildman–Crippen MR) is 62.1 cm³/mol. The Bertz CT molecular complexity index is 444. The molecule has 2 aliphatic rings. The second-order valence-electron chi connectivity index (χ2n) is 5.32. The van der Waals surface area contributed by atoms with Crippen LogP contribution in [0, 0.1) is 11.8 Å². The second kappa shape index (κ2) is 4.14. The molecule has 0 aromatic carbocycles. The van der Waals surface area contributed by atoms with Gasteiger partial charge in [0.15, 0.2) is 0 Å². The lowest BCUT2D eigenvalue weighted by atomic mass is 9.95. The zero-order chi connectivity index (χ0) is 12.8. The number of aromatic nitrogens is 1. The Morgan fingerprint density at radius 3 is 2.67 bits per heavy atom. The van der Waals surface area contributed by atoms with Gasteiger partial charge in [-0.15, -0.1) is 0 Å². The molecule has 0 amide bonds. The van der Waals surface area contributed by atoms with Crippen molar-refractivity contribution in [3.05, 3.63) is 23.9 Å². The van der Waals surface area contributed by atoms with Crippen molar-refractivity contribution in [2.45, 2.75) is 37.9 Å². The molecule has 0 radical (unpaired) electrons. The second-order valence-corrected chi connectivity index (χ2v) is 5.32. The Morgan fingerprint density at radius 2 is 2.06 bits per heavy atom. The van der Waals surface area contributed by atoms with Crippen molar-refractivity contribution in [3.8, 4) is 0 Å². The minimum absolute atomic E-state index is 0.0115. The first-order chi connectivity index (χ1) is 8.54. The van der Waals surface area contributed by atoms with E-state index in [-0.39, 0.29) is 11.9 Å². The van der Waals surface area contributed by atoms with Gasteiger partial charge in [0.1, 0.15) is 5.82 Å². The molecular formula is C13H15F3N2. The van der Waals surface area contributed by atoms with Crippen molar-refractivity contribution in [1.82, 2.24) is 4.98 Å². The summed E-state index contributed by atoms with van der Waals surface area (Å²) in [6.07, 6.45) is 1.58. The molecule has 1 heterocycles. The molecule has 2 bridgehead atoms. The summed E-state index contributed by atoms with van der Waals surface area (Å²) in [6, 6.07) is 2.58. The van der Waals surface area contributed by atoms with Crippen molar-refractivity contribution in [1.29, 1.82) is 0 Å². The van der Waals surface area contributed by atoms with Crippen LogP contribution in [-0.4, -0.2) is 11.0 Å². The van der Waals surface area contributed by atoms with Gasteiger partial charge in [-0.05, 0) is 43.2 Å². The zero-order valence-corrected chi connectivity index (χ0v) is 9.87. The molecule has 2 fully saturated rings. The Hall–Kier alpha value is -1.26. The summed E-state index contributed by atoms with van der Waals surface area (Å²) in [5, 5.41) is 3.02. The van der Waals surface area contributed by atoms with E-state index in [4.69, 9.17) is 0 Å². The fourth-order valence-corrected chi connectivity index (χ4v) is 3.35. The Kier molecular flexibility index (Phi) is 2.72.